The maximum Gasteiger partial charge on any atom is 0.357 e. The summed E-state index contributed by atoms with van der Waals surface area (Å²) in [6, 6.07) is 0. The smallest absolute Gasteiger partial charge is 0.357 e. The quantitative estimate of drug-likeness (QED) is 0.396. The molecule has 0 aromatic rings. The van der Waals surface area contributed by atoms with Crippen LogP contribution in [0.15, 0.2) is 0 Å². The van der Waals surface area contributed by atoms with E-state index < -0.39 is 16.6 Å². The highest BCUT2D eigenvalue weighted by atomic mass is 35.5. The Labute approximate surface area is 95.1 Å². The van der Waals surface area contributed by atoms with Gasteiger partial charge in [0.25, 0.3) is 5.06 Å². The van der Waals surface area contributed by atoms with Gasteiger partial charge in [-0.2, -0.15) is 0 Å². The molecule has 15 heavy (non-hydrogen) atoms. The maximum absolute atomic E-state index is 11.5. The molecule has 0 amide bonds. The molecule has 1 atom stereocenters. The number of carbonyl (C=O) groups excluding carboxylic acids is 1. The Kier molecular flexibility index (Phi) is 2.32. The second kappa shape index (κ2) is 3.11. The largest absolute Gasteiger partial charge is 0.466 e. The predicted molar refractivity (Wildman–Crippen MR) is 56.7 cm³/mol. The third-order valence-corrected chi connectivity index (χ3v) is 4.32. The Morgan fingerprint density at radius 2 is 1.80 bits per heavy atom. The lowest BCUT2D eigenvalue weighted by Gasteiger charge is -2.33. The van der Waals surface area contributed by atoms with E-state index in [4.69, 9.17) is 16.3 Å². The molecule has 1 aliphatic heterocycles. The van der Waals surface area contributed by atoms with Gasteiger partial charge in [-0.05, 0) is 31.1 Å². The van der Waals surface area contributed by atoms with Gasteiger partial charge in [0.1, 0.15) is 5.60 Å². The summed E-state index contributed by atoms with van der Waals surface area (Å²) in [4.78, 5) is 11.5. The topological polar surface area (TPSA) is 38.8 Å². The van der Waals surface area contributed by atoms with Crippen LogP contribution in [0, 0.1) is 5.41 Å². The molecule has 1 unspecified atom stereocenters. The van der Waals surface area contributed by atoms with Crippen molar-refractivity contribution in [3.05, 3.63) is 0 Å². The van der Waals surface area contributed by atoms with Gasteiger partial charge in [-0.15, -0.1) is 0 Å². The molecule has 2 rings (SSSR count). The van der Waals surface area contributed by atoms with E-state index in [-0.39, 0.29) is 0 Å². The fourth-order valence-electron chi connectivity index (χ4n) is 2.36. The molecule has 1 heterocycles. The van der Waals surface area contributed by atoms with Gasteiger partial charge in [0.2, 0.25) is 0 Å². The number of methoxy groups -OCH3 is 1. The summed E-state index contributed by atoms with van der Waals surface area (Å²) in [7, 11) is 1.34. The molecular weight excluding hydrogens is 216 g/mol. The number of ether oxygens (including phenoxy) is 2. The Balaban J connectivity index is 2.06. The molecule has 0 N–H and O–H groups in total. The number of hydrogen-bond acceptors (Lipinski definition) is 3. The highest BCUT2D eigenvalue weighted by Gasteiger charge is 2.75. The second-order valence-electron chi connectivity index (χ2n) is 5.35. The number of epoxide rings is 1. The molecule has 1 spiro atoms. The van der Waals surface area contributed by atoms with Crippen LogP contribution in [0.1, 0.15) is 39.5 Å². The van der Waals surface area contributed by atoms with Crippen molar-refractivity contribution in [2.75, 3.05) is 7.11 Å². The van der Waals surface area contributed by atoms with Crippen LogP contribution in [0.25, 0.3) is 0 Å². The highest BCUT2D eigenvalue weighted by Crippen LogP contribution is 2.61. The first-order chi connectivity index (χ1) is 6.85. The average molecular weight is 233 g/mol. The van der Waals surface area contributed by atoms with Crippen LogP contribution >= 0.6 is 11.6 Å². The van der Waals surface area contributed by atoms with Gasteiger partial charge in [-0.25, -0.2) is 4.79 Å². The van der Waals surface area contributed by atoms with Crippen LogP contribution in [0.2, 0.25) is 0 Å². The van der Waals surface area contributed by atoms with Crippen LogP contribution in [0.4, 0.5) is 0 Å². The van der Waals surface area contributed by atoms with Crippen molar-refractivity contribution < 1.29 is 14.3 Å². The van der Waals surface area contributed by atoms with E-state index in [2.05, 4.69) is 18.6 Å². The molecule has 1 saturated heterocycles. The molecule has 2 fully saturated rings. The molecule has 4 heteroatoms. The number of alkyl halides is 1. The highest BCUT2D eigenvalue weighted by molar-refractivity contribution is 6.36. The van der Waals surface area contributed by atoms with Crippen LogP contribution < -0.4 is 0 Å². The summed E-state index contributed by atoms with van der Waals surface area (Å²) in [5.74, 6) is -0.455. The van der Waals surface area contributed by atoms with Crippen LogP contribution in [0.5, 0.6) is 0 Å². The lowest BCUT2D eigenvalue weighted by atomic mass is 9.72. The van der Waals surface area contributed by atoms with Crippen LogP contribution in [-0.2, 0) is 14.3 Å². The molecule has 1 saturated carbocycles. The van der Waals surface area contributed by atoms with E-state index >= 15 is 0 Å². The summed E-state index contributed by atoms with van der Waals surface area (Å²) >= 11 is 6.13. The summed E-state index contributed by atoms with van der Waals surface area (Å²) in [5.41, 5.74) is -0.109. The SMILES string of the molecule is COC(=O)C1(Cl)OC12CCC(C)(C)CC2. The van der Waals surface area contributed by atoms with Crippen molar-refractivity contribution in [3.63, 3.8) is 0 Å². The molecule has 1 aliphatic carbocycles. The Bertz CT molecular complexity index is 290. The second-order valence-corrected chi connectivity index (χ2v) is 5.88. The van der Waals surface area contributed by atoms with Crippen molar-refractivity contribution >= 4 is 17.6 Å². The van der Waals surface area contributed by atoms with E-state index in [1.54, 1.807) is 0 Å². The van der Waals surface area contributed by atoms with Crippen LogP contribution in [0.3, 0.4) is 0 Å². The van der Waals surface area contributed by atoms with Gasteiger partial charge in [-0.1, -0.05) is 25.4 Å². The lowest BCUT2D eigenvalue weighted by Crippen LogP contribution is -2.35. The van der Waals surface area contributed by atoms with Gasteiger partial charge in [0.15, 0.2) is 0 Å². The van der Waals surface area contributed by atoms with Crippen molar-refractivity contribution in [3.8, 4) is 0 Å². The van der Waals surface area contributed by atoms with E-state index in [0.717, 1.165) is 25.7 Å². The third-order valence-electron chi connectivity index (χ3n) is 3.74. The zero-order chi connectivity index (χ0) is 11.3. The van der Waals surface area contributed by atoms with E-state index in [9.17, 15) is 4.79 Å². The minimum absolute atomic E-state index is 0.338. The summed E-state index contributed by atoms with van der Waals surface area (Å²) in [6.07, 6.45) is 3.77. The number of esters is 1. The van der Waals surface area contributed by atoms with Gasteiger partial charge in [-0.3, -0.25) is 0 Å². The fourth-order valence-corrected chi connectivity index (χ4v) is 2.77. The molecule has 0 radical (unpaired) electrons. The summed E-state index contributed by atoms with van der Waals surface area (Å²) in [6.45, 7) is 4.46. The first-order valence-corrected chi connectivity index (χ1v) is 5.71. The molecule has 2 aliphatic rings. The summed E-state index contributed by atoms with van der Waals surface area (Å²) < 4.78 is 10.1. The maximum atomic E-state index is 11.5. The van der Waals surface area contributed by atoms with Crippen molar-refractivity contribution in [1.29, 1.82) is 0 Å². The number of halogens is 1. The summed E-state index contributed by atoms with van der Waals surface area (Å²) in [5, 5.41) is -1.20. The van der Waals surface area contributed by atoms with Crippen LogP contribution in [-0.4, -0.2) is 23.7 Å². The van der Waals surface area contributed by atoms with Gasteiger partial charge in [0.05, 0.1) is 7.11 Å². The van der Waals surface area contributed by atoms with Gasteiger partial charge < -0.3 is 9.47 Å². The zero-order valence-electron chi connectivity index (χ0n) is 9.43. The molecule has 0 aromatic heterocycles. The Morgan fingerprint density at radius 3 is 2.27 bits per heavy atom. The molecular formula is C11H17ClO3. The Hall–Kier alpha value is -0.280. The first kappa shape index (κ1) is 11.2. The normalized spacial score (nSPS) is 36.3. The third kappa shape index (κ3) is 1.56. The molecule has 0 aromatic carbocycles. The molecule has 0 bridgehead atoms. The average Bonchev–Trinajstić information content (AvgIpc) is 2.78. The monoisotopic (exact) mass is 232 g/mol. The lowest BCUT2D eigenvalue weighted by molar-refractivity contribution is -0.143. The van der Waals surface area contributed by atoms with E-state index in [1.165, 1.54) is 7.11 Å². The molecule has 3 nitrogen and oxygen atoms in total. The minimum Gasteiger partial charge on any atom is -0.466 e. The zero-order valence-corrected chi connectivity index (χ0v) is 10.2. The van der Waals surface area contributed by atoms with Crippen molar-refractivity contribution in [2.24, 2.45) is 5.41 Å². The van der Waals surface area contributed by atoms with E-state index in [0.29, 0.717) is 5.41 Å². The first-order valence-electron chi connectivity index (χ1n) is 5.33. The van der Waals surface area contributed by atoms with Crippen molar-refractivity contribution in [2.45, 2.75) is 50.2 Å². The number of rotatable bonds is 1. The fraction of sp³-hybridized carbons (Fsp3) is 0.909. The predicted octanol–water partition coefficient (Wildman–Crippen LogP) is 2.46. The van der Waals surface area contributed by atoms with Crippen molar-refractivity contribution in [1.82, 2.24) is 0 Å². The minimum atomic E-state index is -1.20. The standard InChI is InChI=1S/C11H17ClO3/c1-9(2)4-6-10(7-5-9)11(12,15-10)8(13)14-3/h4-7H2,1-3H3. The Morgan fingerprint density at radius 1 is 1.27 bits per heavy atom. The number of carbonyl (C=O) groups is 1. The van der Waals surface area contributed by atoms with Gasteiger partial charge >= 0.3 is 5.97 Å². The number of hydrogen-bond donors (Lipinski definition) is 0. The molecule has 86 valence electrons. The van der Waals surface area contributed by atoms with E-state index in [1.807, 2.05) is 0 Å². The van der Waals surface area contributed by atoms with Gasteiger partial charge in [0, 0.05) is 0 Å².